The lowest BCUT2D eigenvalue weighted by Crippen LogP contribution is -2.24. The van der Waals surface area contributed by atoms with Crippen LogP contribution >= 0.6 is 0 Å². The van der Waals surface area contributed by atoms with Crippen molar-refractivity contribution in [1.29, 1.82) is 0 Å². The molecule has 1 aliphatic carbocycles. The van der Waals surface area contributed by atoms with Gasteiger partial charge in [0.05, 0.1) is 11.0 Å². The van der Waals surface area contributed by atoms with Gasteiger partial charge in [0, 0.05) is 19.8 Å². The summed E-state index contributed by atoms with van der Waals surface area (Å²) in [5, 5.41) is 0. The molecular weight excluding hydrogens is 318 g/mol. The van der Waals surface area contributed by atoms with Crippen LogP contribution < -0.4 is 4.90 Å². The topological polar surface area (TPSA) is 55.8 Å². The number of ether oxygens (including phenoxy) is 2. The molecule has 0 aromatic heterocycles. The number of esters is 2. The minimum absolute atomic E-state index is 0.0755. The lowest BCUT2D eigenvalue weighted by Gasteiger charge is -2.17. The summed E-state index contributed by atoms with van der Waals surface area (Å²) < 4.78 is 10.5. The van der Waals surface area contributed by atoms with Gasteiger partial charge in [0.25, 0.3) is 0 Å². The fourth-order valence-corrected chi connectivity index (χ4v) is 3.26. The molecule has 0 radical (unpaired) electrons. The Labute approximate surface area is 150 Å². The summed E-state index contributed by atoms with van der Waals surface area (Å²) in [6, 6.07) is 7.18. The van der Waals surface area contributed by atoms with Crippen molar-refractivity contribution in [3.8, 4) is 0 Å². The van der Waals surface area contributed by atoms with Gasteiger partial charge in [0.1, 0.15) is 13.2 Å². The molecule has 0 N–H and O–H groups in total. The zero-order valence-corrected chi connectivity index (χ0v) is 15.9. The molecule has 0 amide bonds. The van der Waals surface area contributed by atoms with E-state index in [4.69, 9.17) is 9.47 Å². The molecule has 5 nitrogen and oxygen atoms in total. The van der Waals surface area contributed by atoms with Gasteiger partial charge < -0.3 is 14.4 Å². The average Bonchev–Trinajstić information content (AvgIpc) is 3.21. The second-order valence-electron chi connectivity index (χ2n) is 7.57. The van der Waals surface area contributed by atoms with E-state index in [0.717, 1.165) is 18.5 Å². The van der Waals surface area contributed by atoms with Crippen molar-refractivity contribution in [3.05, 3.63) is 29.8 Å². The van der Waals surface area contributed by atoms with Crippen molar-refractivity contribution in [1.82, 2.24) is 0 Å². The zero-order valence-electron chi connectivity index (χ0n) is 15.9. The van der Waals surface area contributed by atoms with Gasteiger partial charge in [-0.1, -0.05) is 20.8 Å². The molecule has 2 rings (SSSR count). The molecule has 0 bridgehead atoms. The highest BCUT2D eigenvalue weighted by Crippen LogP contribution is 2.57. The Morgan fingerprint density at radius 2 is 1.72 bits per heavy atom. The fourth-order valence-electron chi connectivity index (χ4n) is 3.26. The summed E-state index contributed by atoms with van der Waals surface area (Å²) in [5.41, 5.74) is 1.18. The largest absolute Gasteiger partial charge is 0.462 e. The standard InChI is InChI=1S/C20H29NO4/c1-14(2)12-20(13-15(20)3)19(23)25-11-10-24-18(22)16-6-8-17(9-7-16)21(4)5/h6-9,14-15H,10-13H2,1-5H3. The highest BCUT2D eigenvalue weighted by atomic mass is 16.6. The van der Waals surface area contributed by atoms with Crippen LogP contribution in [0.5, 0.6) is 0 Å². The van der Waals surface area contributed by atoms with Gasteiger partial charge in [0.15, 0.2) is 0 Å². The van der Waals surface area contributed by atoms with Crippen molar-refractivity contribution in [2.45, 2.75) is 33.6 Å². The van der Waals surface area contributed by atoms with Gasteiger partial charge in [-0.25, -0.2) is 4.79 Å². The lowest BCUT2D eigenvalue weighted by molar-refractivity contribution is -0.152. The molecule has 0 heterocycles. The second kappa shape index (κ2) is 7.89. The first-order chi connectivity index (χ1) is 11.8. The van der Waals surface area contributed by atoms with Crippen LogP contribution in [0.3, 0.4) is 0 Å². The maximum Gasteiger partial charge on any atom is 0.338 e. The van der Waals surface area contributed by atoms with E-state index in [1.165, 1.54) is 0 Å². The molecule has 1 fully saturated rings. The van der Waals surface area contributed by atoms with Gasteiger partial charge in [-0.2, -0.15) is 0 Å². The van der Waals surface area contributed by atoms with E-state index in [-0.39, 0.29) is 24.6 Å². The normalized spacial score (nSPS) is 21.8. The molecule has 2 atom stereocenters. The van der Waals surface area contributed by atoms with Crippen LogP contribution in [0.2, 0.25) is 0 Å². The second-order valence-corrected chi connectivity index (χ2v) is 7.57. The highest BCUT2D eigenvalue weighted by Gasteiger charge is 2.58. The minimum atomic E-state index is -0.405. The van der Waals surface area contributed by atoms with Crippen molar-refractivity contribution in [2.75, 3.05) is 32.2 Å². The molecule has 5 heteroatoms. The summed E-state index contributed by atoms with van der Waals surface area (Å²) in [4.78, 5) is 26.3. The van der Waals surface area contributed by atoms with Gasteiger partial charge in [-0.15, -0.1) is 0 Å². The van der Waals surface area contributed by atoms with Gasteiger partial charge >= 0.3 is 11.9 Å². The first kappa shape index (κ1) is 19.3. The number of benzene rings is 1. The van der Waals surface area contributed by atoms with Crippen molar-refractivity contribution in [2.24, 2.45) is 17.3 Å². The Morgan fingerprint density at radius 3 is 2.20 bits per heavy atom. The molecule has 25 heavy (non-hydrogen) atoms. The van der Waals surface area contributed by atoms with Crippen molar-refractivity contribution < 1.29 is 19.1 Å². The van der Waals surface area contributed by atoms with Gasteiger partial charge in [-0.3, -0.25) is 4.79 Å². The quantitative estimate of drug-likeness (QED) is 0.532. The maximum atomic E-state index is 12.3. The Kier molecular flexibility index (Phi) is 6.09. The maximum absolute atomic E-state index is 12.3. The summed E-state index contributed by atoms with van der Waals surface area (Å²) >= 11 is 0. The number of carbonyl (C=O) groups is 2. The third kappa shape index (κ3) is 4.74. The van der Waals surface area contributed by atoms with Gasteiger partial charge in [-0.05, 0) is 48.9 Å². The molecule has 0 aliphatic heterocycles. The van der Waals surface area contributed by atoms with E-state index >= 15 is 0 Å². The van der Waals surface area contributed by atoms with Crippen LogP contribution in [0.25, 0.3) is 0 Å². The summed E-state index contributed by atoms with van der Waals surface area (Å²) in [6.45, 7) is 6.49. The van der Waals surface area contributed by atoms with Crippen LogP contribution in [0.1, 0.15) is 44.0 Å². The first-order valence-electron chi connectivity index (χ1n) is 8.88. The molecule has 1 saturated carbocycles. The minimum Gasteiger partial charge on any atom is -0.462 e. The van der Waals surface area contributed by atoms with Crippen molar-refractivity contribution >= 4 is 17.6 Å². The molecule has 138 valence electrons. The highest BCUT2D eigenvalue weighted by molar-refractivity contribution is 5.89. The van der Waals surface area contributed by atoms with Gasteiger partial charge in [0.2, 0.25) is 0 Å². The van der Waals surface area contributed by atoms with E-state index in [1.807, 2.05) is 31.1 Å². The van der Waals surface area contributed by atoms with Crippen LogP contribution in [0.4, 0.5) is 5.69 Å². The average molecular weight is 347 g/mol. The summed E-state index contributed by atoms with van der Waals surface area (Å²) in [5.74, 6) is 0.277. The Hall–Kier alpha value is -2.04. The fraction of sp³-hybridized carbons (Fsp3) is 0.600. The third-order valence-electron chi connectivity index (χ3n) is 4.80. The smallest absolute Gasteiger partial charge is 0.338 e. The number of carbonyl (C=O) groups excluding carboxylic acids is 2. The Balaban J connectivity index is 1.75. The molecule has 1 aromatic rings. The van der Waals surface area contributed by atoms with Crippen LogP contribution in [-0.2, 0) is 14.3 Å². The monoisotopic (exact) mass is 347 g/mol. The summed E-state index contributed by atoms with van der Waals surface area (Å²) in [7, 11) is 3.88. The lowest BCUT2D eigenvalue weighted by atomic mass is 9.92. The Bertz CT molecular complexity index is 609. The van der Waals surface area contributed by atoms with E-state index in [1.54, 1.807) is 12.1 Å². The van der Waals surface area contributed by atoms with E-state index in [2.05, 4.69) is 20.8 Å². The molecule has 0 spiro atoms. The van der Waals surface area contributed by atoms with Crippen LogP contribution in [-0.4, -0.2) is 39.2 Å². The number of hydrogen-bond donors (Lipinski definition) is 0. The molecular formula is C20H29NO4. The van der Waals surface area contributed by atoms with Crippen molar-refractivity contribution in [3.63, 3.8) is 0 Å². The molecule has 0 saturated heterocycles. The molecule has 1 aromatic carbocycles. The van der Waals surface area contributed by atoms with Crippen LogP contribution in [0.15, 0.2) is 24.3 Å². The van der Waals surface area contributed by atoms with E-state index < -0.39 is 5.97 Å². The molecule has 1 aliphatic rings. The number of anilines is 1. The number of rotatable bonds is 8. The predicted molar refractivity (Wildman–Crippen MR) is 97.7 cm³/mol. The zero-order chi connectivity index (χ0) is 18.6. The first-order valence-corrected chi connectivity index (χ1v) is 8.88. The van der Waals surface area contributed by atoms with E-state index in [0.29, 0.717) is 17.4 Å². The molecule has 2 unspecified atom stereocenters. The van der Waals surface area contributed by atoms with Crippen LogP contribution in [0, 0.1) is 17.3 Å². The predicted octanol–water partition coefficient (Wildman–Crippen LogP) is 3.52. The van der Waals surface area contributed by atoms with E-state index in [9.17, 15) is 9.59 Å². The SMILES string of the molecule is CC(C)CC1(C(=O)OCCOC(=O)c2ccc(N(C)C)cc2)CC1C. The third-order valence-corrected chi connectivity index (χ3v) is 4.80. The number of nitrogens with zero attached hydrogens (tertiary/aromatic N) is 1. The number of hydrogen-bond acceptors (Lipinski definition) is 5. The summed E-state index contributed by atoms with van der Waals surface area (Å²) in [6.07, 6.45) is 1.74. The Morgan fingerprint density at radius 1 is 1.16 bits per heavy atom.